The Kier molecular flexibility index (Phi) is 2.90. The molecule has 1 heterocycles. The molecule has 0 saturated heterocycles. The third kappa shape index (κ3) is 2.05. The predicted molar refractivity (Wildman–Crippen MR) is 62.9 cm³/mol. The largest absolute Gasteiger partial charge is 0.352 e. The highest BCUT2D eigenvalue weighted by Crippen LogP contribution is 2.14. The lowest BCUT2D eigenvalue weighted by atomic mass is 10.1. The van der Waals surface area contributed by atoms with Crippen LogP contribution in [0.25, 0.3) is 10.9 Å². The lowest BCUT2D eigenvalue weighted by molar-refractivity contribution is -0.120. The van der Waals surface area contributed by atoms with E-state index in [2.05, 4.69) is 16.5 Å². The maximum absolute atomic E-state index is 11.1. The summed E-state index contributed by atoms with van der Waals surface area (Å²) in [5.41, 5.74) is 2.18. The number of carbonyl (C=O) groups is 1. The maximum Gasteiger partial charge on any atom is 0.219 e. The smallest absolute Gasteiger partial charge is 0.219 e. The van der Waals surface area contributed by atoms with Crippen molar-refractivity contribution in [3.8, 4) is 0 Å². The molecular formula is C12H15N3O. The third-order valence-electron chi connectivity index (χ3n) is 2.62. The van der Waals surface area contributed by atoms with Crippen molar-refractivity contribution < 1.29 is 4.79 Å². The van der Waals surface area contributed by atoms with Crippen LogP contribution in [0.2, 0.25) is 0 Å². The number of carbonyl (C=O) groups excluding carboxylic acids is 1. The summed E-state index contributed by atoms with van der Waals surface area (Å²) in [5, 5.41) is 8.15. The van der Waals surface area contributed by atoms with Crippen molar-refractivity contribution in [1.29, 1.82) is 0 Å². The lowest BCUT2D eigenvalue weighted by Crippen LogP contribution is -2.21. The highest BCUT2D eigenvalue weighted by atomic mass is 16.1. The van der Waals surface area contributed by atoms with Crippen molar-refractivity contribution in [2.75, 3.05) is 0 Å². The van der Waals surface area contributed by atoms with Gasteiger partial charge in [0, 0.05) is 25.4 Å². The van der Waals surface area contributed by atoms with Gasteiger partial charge in [0.05, 0.1) is 11.7 Å². The second-order valence-corrected chi connectivity index (χ2v) is 3.79. The second kappa shape index (κ2) is 4.35. The van der Waals surface area contributed by atoms with Crippen LogP contribution in [0.15, 0.2) is 24.4 Å². The van der Waals surface area contributed by atoms with Gasteiger partial charge in [0.1, 0.15) is 0 Å². The van der Waals surface area contributed by atoms with Crippen molar-refractivity contribution in [1.82, 2.24) is 15.1 Å². The fraction of sp³-hybridized carbons (Fsp3) is 0.333. The monoisotopic (exact) mass is 217 g/mol. The maximum atomic E-state index is 11.1. The summed E-state index contributed by atoms with van der Waals surface area (Å²) in [6.45, 7) is 2.42. The molecule has 2 aromatic rings. The zero-order valence-corrected chi connectivity index (χ0v) is 9.53. The first-order chi connectivity index (χ1) is 7.70. The Morgan fingerprint density at radius 2 is 2.31 bits per heavy atom. The topological polar surface area (TPSA) is 46.9 Å². The Labute approximate surface area is 94.3 Å². The molecular weight excluding hydrogens is 202 g/mol. The summed E-state index contributed by atoms with van der Waals surface area (Å²) >= 11 is 0. The molecule has 1 N–H and O–H groups in total. The summed E-state index contributed by atoms with van der Waals surface area (Å²) in [6, 6.07) is 6.09. The molecule has 0 unspecified atom stereocenters. The normalized spacial score (nSPS) is 10.6. The van der Waals surface area contributed by atoms with Crippen LogP contribution in [0.3, 0.4) is 0 Å². The van der Waals surface area contributed by atoms with Crippen LogP contribution in [0.5, 0.6) is 0 Å². The molecule has 0 spiro atoms. The Hall–Kier alpha value is -1.84. The highest BCUT2D eigenvalue weighted by Gasteiger charge is 2.02. The average molecular weight is 217 g/mol. The van der Waals surface area contributed by atoms with Crippen LogP contribution in [0, 0.1) is 0 Å². The van der Waals surface area contributed by atoms with Crippen LogP contribution < -0.4 is 5.32 Å². The minimum Gasteiger partial charge on any atom is -0.352 e. The van der Waals surface area contributed by atoms with E-state index in [9.17, 15) is 4.79 Å². The Morgan fingerprint density at radius 3 is 3.06 bits per heavy atom. The number of amides is 1. The van der Waals surface area contributed by atoms with Gasteiger partial charge < -0.3 is 5.32 Å². The van der Waals surface area contributed by atoms with Gasteiger partial charge in [-0.2, -0.15) is 5.10 Å². The molecule has 1 amide bonds. The van der Waals surface area contributed by atoms with E-state index in [0.717, 1.165) is 16.5 Å². The van der Waals surface area contributed by atoms with Crippen LogP contribution in [0.1, 0.15) is 18.9 Å². The first kappa shape index (κ1) is 10.7. The van der Waals surface area contributed by atoms with Crippen LogP contribution in [0.4, 0.5) is 0 Å². The Balaban J connectivity index is 2.19. The summed E-state index contributed by atoms with van der Waals surface area (Å²) in [4.78, 5) is 11.1. The minimum absolute atomic E-state index is 0.0742. The molecule has 0 fully saturated rings. The number of rotatable bonds is 3. The molecule has 0 aliphatic carbocycles. The van der Waals surface area contributed by atoms with Crippen LogP contribution in [-0.2, 0) is 18.4 Å². The summed E-state index contributed by atoms with van der Waals surface area (Å²) in [5.74, 6) is 0.0742. The van der Waals surface area contributed by atoms with Gasteiger partial charge in [0.25, 0.3) is 0 Å². The van der Waals surface area contributed by atoms with Gasteiger partial charge in [0.2, 0.25) is 5.91 Å². The molecule has 84 valence electrons. The van der Waals surface area contributed by atoms with Gasteiger partial charge in [-0.3, -0.25) is 9.48 Å². The molecule has 4 nitrogen and oxygen atoms in total. The number of hydrogen-bond acceptors (Lipinski definition) is 2. The van der Waals surface area contributed by atoms with E-state index in [0.29, 0.717) is 13.0 Å². The van der Waals surface area contributed by atoms with E-state index in [1.807, 2.05) is 37.0 Å². The Bertz CT molecular complexity index is 516. The van der Waals surface area contributed by atoms with Gasteiger partial charge in [0.15, 0.2) is 0 Å². The minimum atomic E-state index is 0.0742. The van der Waals surface area contributed by atoms with Crippen LogP contribution in [-0.4, -0.2) is 15.7 Å². The van der Waals surface area contributed by atoms with E-state index in [1.165, 1.54) is 0 Å². The Morgan fingerprint density at radius 1 is 1.50 bits per heavy atom. The molecule has 0 bridgehead atoms. The molecule has 4 heteroatoms. The fourth-order valence-corrected chi connectivity index (χ4v) is 1.63. The molecule has 1 aromatic carbocycles. The fourth-order valence-electron chi connectivity index (χ4n) is 1.63. The molecule has 0 aliphatic rings. The lowest BCUT2D eigenvalue weighted by Gasteiger charge is -2.04. The zero-order valence-electron chi connectivity index (χ0n) is 9.53. The number of aryl methyl sites for hydroxylation is 1. The summed E-state index contributed by atoms with van der Waals surface area (Å²) < 4.78 is 1.83. The first-order valence-electron chi connectivity index (χ1n) is 5.38. The van der Waals surface area contributed by atoms with E-state index < -0.39 is 0 Å². The molecule has 1 aromatic heterocycles. The zero-order chi connectivity index (χ0) is 11.5. The number of aromatic nitrogens is 2. The van der Waals surface area contributed by atoms with Crippen molar-refractivity contribution in [3.63, 3.8) is 0 Å². The molecule has 0 saturated carbocycles. The number of nitrogens with one attached hydrogen (secondary N) is 1. The molecule has 0 radical (unpaired) electrons. The molecule has 16 heavy (non-hydrogen) atoms. The summed E-state index contributed by atoms with van der Waals surface area (Å²) in [7, 11) is 1.91. The van der Waals surface area contributed by atoms with Gasteiger partial charge in [-0.15, -0.1) is 0 Å². The van der Waals surface area contributed by atoms with Crippen molar-refractivity contribution in [2.24, 2.45) is 7.05 Å². The van der Waals surface area contributed by atoms with Crippen molar-refractivity contribution in [2.45, 2.75) is 19.9 Å². The molecule has 0 atom stereocenters. The van der Waals surface area contributed by atoms with Gasteiger partial charge >= 0.3 is 0 Å². The van der Waals surface area contributed by atoms with Gasteiger partial charge in [-0.25, -0.2) is 0 Å². The van der Waals surface area contributed by atoms with Crippen molar-refractivity contribution in [3.05, 3.63) is 30.0 Å². The summed E-state index contributed by atoms with van der Waals surface area (Å²) in [6.07, 6.45) is 2.36. The second-order valence-electron chi connectivity index (χ2n) is 3.79. The number of fused-ring (bicyclic) bond motifs is 1. The van der Waals surface area contributed by atoms with E-state index in [1.54, 1.807) is 0 Å². The first-order valence-corrected chi connectivity index (χ1v) is 5.38. The average Bonchev–Trinajstić information content (AvgIpc) is 2.68. The predicted octanol–water partition coefficient (Wildman–Crippen LogP) is 1.60. The number of nitrogens with zero attached hydrogens (tertiary/aromatic N) is 2. The SMILES string of the molecule is CCC(=O)NCc1ccc2cnn(C)c2c1. The van der Waals surface area contributed by atoms with Crippen LogP contribution >= 0.6 is 0 Å². The highest BCUT2D eigenvalue weighted by molar-refractivity contribution is 5.79. The molecule has 2 rings (SSSR count). The van der Waals surface area contributed by atoms with Crippen molar-refractivity contribution >= 4 is 16.8 Å². The van der Waals surface area contributed by atoms with Gasteiger partial charge in [-0.1, -0.05) is 19.1 Å². The van der Waals surface area contributed by atoms with E-state index in [-0.39, 0.29) is 5.91 Å². The number of benzene rings is 1. The third-order valence-corrected chi connectivity index (χ3v) is 2.62. The standard InChI is InChI=1S/C12H15N3O/c1-3-12(16)13-7-9-4-5-10-8-14-15(2)11(10)6-9/h4-6,8H,3,7H2,1-2H3,(H,13,16). The quantitative estimate of drug-likeness (QED) is 0.848. The van der Waals surface area contributed by atoms with E-state index >= 15 is 0 Å². The number of hydrogen-bond donors (Lipinski definition) is 1. The van der Waals surface area contributed by atoms with E-state index in [4.69, 9.17) is 0 Å². The molecule has 0 aliphatic heterocycles. The van der Waals surface area contributed by atoms with Gasteiger partial charge in [-0.05, 0) is 11.6 Å².